The highest BCUT2D eigenvalue weighted by atomic mass is 35.5. The molecule has 108 valence electrons. The Balaban J connectivity index is 2.21. The summed E-state index contributed by atoms with van der Waals surface area (Å²) in [6.45, 7) is 5.45. The van der Waals surface area contributed by atoms with Crippen molar-refractivity contribution in [3.05, 3.63) is 11.5 Å². The molecule has 1 aromatic rings. The standard InChI is InChI=1S/C12H20ClN3O2S/c1-4-12(2)5-7-16(8-6-12)19(17,18)11-10(13)15(3)9-14-11/h9H,4-8H2,1-3H3. The Labute approximate surface area is 119 Å². The van der Waals surface area contributed by atoms with E-state index in [1.807, 2.05) is 0 Å². The van der Waals surface area contributed by atoms with E-state index in [4.69, 9.17) is 11.6 Å². The van der Waals surface area contributed by atoms with Crippen LogP contribution in [0.25, 0.3) is 0 Å². The van der Waals surface area contributed by atoms with Crippen molar-refractivity contribution in [3.8, 4) is 0 Å². The molecule has 0 saturated carbocycles. The van der Waals surface area contributed by atoms with E-state index in [1.165, 1.54) is 15.2 Å². The second-order valence-corrected chi connectivity index (χ2v) is 7.73. The Morgan fingerprint density at radius 2 is 2.00 bits per heavy atom. The molecule has 2 rings (SSSR count). The fourth-order valence-electron chi connectivity index (χ4n) is 2.31. The number of aromatic nitrogens is 2. The summed E-state index contributed by atoms with van der Waals surface area (Å²) in [6.07, 6.45) is 4.26. The number of halogens is 1. The van der Waals surface area contributed by atoms with Crippen LogP contribution in [0.15, 0.2) is 11.4 Å². The molecule has 7 heteroatoms. The zero-order chi connectivity index (χ0) is 14.3. The Morgan fingerprint density at radius 1 is 1.42 bits per heavy atom. The van der Waals surface area contributed by atoms with Crippen LogP contribution in [-0.2, 0) is 17.1 Å². The maximum absolute atomic E-state index is 12.5. The first-order chi connectivity index (χ1) is 8.80. The fraction of sp³-hybridized carbons (Fsp3) is 0.750. The highest BCUT2D eigenvalue weighted by molar-refractivity contribution is 7.89. The van der Waals surface area contributed by atoms with Crippen molar-refractivity contribution in [1.29, 1.82) is 0 Å². The van der Waals surface area contributed by atoms with Crippen molar-refractivity contribution in [2.45, 2.75) is 38.1 Å². The first kappa shape index (κ1) is 14.8. The van der Waals surface area contributed by atoms with Crippen LogP contribution < -0.4 is 0 Å². The molecule has 0 aliphatic carbocycles. The van der Waals surface area contributed by atoms with Gasteiger partial charge in [-0.1, -0.05) is 31.9 Å². The first-order valence-corrected chi connectivity index (χ1v) is 8.29. The van der Waals surface area contributed by atoms with Gasteiger partial charge in [-0.25, -0.2) is 13.4 Å². The molecule has 0 radical (unpaired) electrons. The molecular formula is C12H20ClN3O2S. The minimum Gasteiger partial charge on any atom is -0.324 e. The second-order valence-electron chi connectivity index (χ2n) is 5.52. The lowest BCUT2D eigenvalue weighted by Crippen LogP contribution is -2.42. The highest BCUT2D eigenvalue weighted by Gasteiger charge is 2.36. The van der Waals surface area contributed by atoms with Crippen molar-refractivity contribution < 1.29 is 8.42 Å². The summed E-state index contributed by atoms with van der Waals surface area (Å²) in [5, 5.41) is 0.139. The molecule has 1 saturated heterocycles. The van der Waals surface area contributed by atoms with E-state index in [0.29, 0.717) is 13.1 Å². The van der Waals surface area contributed by atoms with Crippen molar-refractivity contribution in [2.75, 3.05) is 13.1 Å². The molecule has 0 atom stereocenters. The molecular weight excluding hydrogens is 286 g/mol. The van der Waals surface area contributed by atoms with Gasteiger partial charge in [-0.05, 0) is 18.3 Å². The van der Waals surface area contributed by atoms with E-state index < -0.39 is 10.0 Å². The Bertz CT molecular complexity index is 560. The zero-order valence-electron chi connectivity index (χ0n) is 11.6. The maximum atomic E-state index is 12.5. The van der Waals surface area contributed by atoms with Gasteiger partial charge in [0.15, 0.2) is 0 Å². The van der Waals surface area contributed by atoms with E-state index >= 15 is 0 Å². The van der Waals surface area contributed by atoms with Gasteiger partial charge < -0.3 is 4.57 Å². The van der Waals surface area contributed by atoms with Crippen LogP contribution in [0.2, 0.25) is 5.15 Å². The quantitative estimate of drug-likeness (QED) is 0.861. The number of nitrogens with zero attached hydrogens (tertiary/aromatic N) is 3. The maximum Gasteiger partial charge on any atom is 0.263 e. The molecule has 1 aliphatic rings. The molecule has 0 unspecified atom stereocenters. The summed E-state index contributed by atoms with van der Waals surface area (Å²) in [6, 6.07) is 0. The Hall–Kier alpha value is -0.590. The first-order valence-electron chi connectivity index (χ1n) is 6.47. The van der Waals surface area contributed by atoms with Gasteiger partial charge in [-0.15, -0.1) is 0 Å². The smallest absolute Gasteiger partial charge is 0.263 e. The molecule has 5 nitrogen and oxygen atoms in total. The van der Waals surface area contributed by atoms with Crippen LogP contribution in [0.1, 0.15) is 33.1 Å². The molecule has 1 fully saturated rings. The Kier molecular flexibility index (Phi) is 3.95. The van der Waals surface area contributed by atoms with E-state index in [2.05, 4.69) is 18.8 Å². The topological polar surface area (TPSA) is 55.2 Å². The average molecular weight is 306 g/mol. The summed E-state index contributed by atoms with van der Waals surface area (Å²) in [7, 11) is -1.88. The van der Waals surface area contributed by atoms with Gasteiger partial charge in [-0.3, -0.25) is 0 Å². The van der Waals surface area contributed by atoms with Gasteiger partial charge in [0.05, 0.1) is 6.33 Å². The molecule has 0 aromatic carbocycles. The van der Waals surface area contributed by atoms with Crippen molar-refractivity contribution in [3.63, 3.8) is 0 Å². The normalized spacial score (nSPS) is 20.6. The van der Waals surface area contributed by atoms with E-state index in [1.54, 1.807) is 7.05 Å². The van der Waals surface area contributed by atoms with Gasteiger partial charge in [0.1, 0.15) is 5.15 Å². The summed E-state index contributed by atoms with van der Waals surface area (Å²) in [5.41, 5.74) is 0.250. The lowest BCUT2D eigenvalue weighted by atomic mass is 9.79. The third kappa shape index (κ3) is 2.66. The lowest BCUT2D eigenvalue weighted by Gasteiger charge is -2.37. The summed E-state index contributed by atoms with van der Waals surface area (Å²) < 4.78 is 28.0. The van der Waals surface area contributed by atoms with Gasteiger partial charge >= 0.3 is 0 Å². The highest BCUT2D eigenvalue weighted by Crippen LogP contribution is 2.36. The minimum atomic E-state index is -3.56. The van der Waals surface area contributed by atoms with Crippen LogP contribution in [-0.4, -0.2) is 35.4 Å². The predicted octanol–water partition coefficient (Wildman–Crippen LogP) is 2.27. The summed E-state index contributed by atoms with van der Waals surface area (Å²) >= 11 is 5.99. The number of hydrogen-bond acceptors (Lipinski definition) is 3. The number of sulfonamides is 1. The number of aryl methyl sites for hydroxylation is 1. The molecule has 19 heavy (non-hydrogen) atoms. The van der Waals surface area contributed by atoms with Gasteiger partial charge in [0, 0.05) is 20.1 Å². The second kappa shape index (κ2) is 5.07. The van der Waals surface area contributed by atoms with Gasteiger partial charge in [-0.2, -0.15) is 4.31 Å². The molecule has 0 spiro atoms. The molecule has 0 bridgehead atoms. The number of hydrogen-bond donors (Lipinski definition) is 0. The van der Waals surface area contributed by atoms with Gasteiger partial charge in [0.25, 0.3) is 10.0 Å². The van der Waals surface area contributed by atoms with E-state index in [-0.39, 0.29) is 15.6 Å². The van der Waals surface area contributed by atoms with Crippen LogP contribution in [0.3, 0.4) is 0 Å². The molecule has 1 aromatic heterocycles. The zero-order valence-corrected chi connectivity index (χ0v) is 13.1. The molecule has 0 amide bonds. The minimum absolute atomic E-state index is 0.0308. The predicted molar refractivity (Wildman–Crippen MR) is 74.6 cm³/mol. The van der Waals surface area contributed by atoms with Crippen LogP contribution in [0.5, 0.6) is 0 Å². The summed E-state index contributed by atoms with van der Waals surface area (Å²) in [5.74, 6) is 0. The Morgan fingerprint density at radius 3 is 2.42 bits per heavy atom. The van der Waals surface area contributed by atoms with Crippen molar-refractivity contribution in [1.82, 2.24) is 13.9 Å². The van der Waals surface area contributed by atoms with Crippen LogP contribution >= 0.6 is 11.6 Å². The van der Waals surface area contributed by atoms with E-state index in [0.717, 1.165) is 19.3 Å². The third-order valence-electron chi connectivity index (χ3n) is 4.20. The van der Waals surface area contributed by atoms with Crippen LogP contribution in [0, 0.1) is 5.41 Å². The summed E-state index contributed by atoms with van der Waals surface area (Å²) in [4.78, 5) is 3.92. The molecule has 1 aliphatic heterocycles. The SMILES string of the molecule is CCC1(C)CCN(S(=O)(=O)c2ncn(C)c2Cl)CC1. The lowest BCUT2D eigenvalue weighted by molar-refractivity contribution is 0.168. The van der Waals surface area contributed by atoms with E-state index in [9.17, 15) is 8.42 Å². The number of imidazole rings is 1. The monoisotopic (exact) mass is 305 g/mol. The molecule has 0 N–H and O–H groups in total. The van der Waals surface area contributed by atoms with Crippen molar-refractivity contribution in [2.24, 2.45) is 12.5 Å². The largest absolute Gasteiger partial charge is 0.324 e. The number of rotatable bonds is 3. The average Bonchev–Trinajstić information content (AvgIpc) is 2.71. The van der Waals surface area contributed by atoms with Gasteiger partial charge in [0.2, 0.25) is 5.03 Å². The number of piperidine rings is 1. The third-order valence-corrected chi connectivity index (χ3v) is 6.59. The van der Waals surface area contributed by atoms with Crippen molar-refractivity contribution >= 4 is 21.6 Å². The fourth-order valence-corrected chi connectivity index (χ4v) is 4.14. The molecule has 2 heterocycles. The van der Waals surface area contributed by atoms with Crippen LogP contribution in [0.4, 0.5) is 0 Å².